The summed E-state index contributed by atoms with van der Waals surface area (Å²) in [7, 11) is 1.69. The Labute approximate surface area is 74.6 Å². The minimum Gasteiger partial charge on any atom is -0.385 e. The standard InChI is InChI=1S/C9H18N2O/c1-3-4-5-6-9(11-10)7-8-12-2/h1,9,11H,4-8,10H2,2H3. The summed E-state index contributed by atoms with van der Waals surface area (Å²) in [6, 6.07) is 0.332. The third-order valence-electron chi connectivity index (χ3n) is 1.78. The maximum Gasteiger partial charge on any atom is 0.0477 e. The Hall–Kier alpha value is -0.560. The normalized spacial score (nSPS) is 12.4. The van der Waals surface area contributed by atoms with Crippen molar-refractivity contribution in [3.8, 4) is 12.3 Å². The van der Waals surface area contributed by atoms with Gasteiger partial charge in [-0.25, -0.2) is 0 Å². The van der Waals surface area contributed by atoms with Crippen molar-refractivity contribution in [2.24, 2.45) is 5.84 Å². The summed E-state index contributed by atoms with van der Waals surface area (Å²) < 4.78 is 4.94. The second-order valence-electron chi connectivity index (χ2n) is 2.74. The van der Waals surface area contributed by atoms with Crippen molar-refractivity contribution in [3.63, 3.8) is 0 Å². The number of rotatable bonds is 7. The van der Waals surface area contributed by atoms with Gasteiger partial charge in [0.05, 0.1) is 0 Å². The molecular formula is C9H18N2O. The van der Waals surface area contributed by atoms with Gasteiger partial charge in [0, 0.05) is 26.2 Å². The van der Waals surface area contributed by atoms with Crippen LogP contribution in [0.1, 0.15) is 25.7 Å². The Morgan fingerprint density at radius 1 is 1.58 bits per heavy atom. The molecule has 3 nitrogen and oxygen atoms in total. The molecule has 0 aromatic heterocycles. The Morgan fingerprint density at radius 2 is 2.33 bits per heavy atom. The lowest BCUT2D eigenvalue weighted by atomic mass is 10.1. The molecule has 1 atom stereocenters. The minimum atomic E-state index is 0.332. The number of methoxy groups -OCH3 is 1. The Kier molecular flexibility index (Phi) is 8.14. The van der Waals surface area contributed by atoms with E-state index in [0.717, 1.165) is 32.3 Å². The molecule has 0 fully saturated rings. The van der Waals surface area contributed by atoms with Crippen molar-refractivity contribution in [1.82, 2.24) is 5.43 Å². The van der Waals surface area contributed by atoms with Crippen molar-refractivity contribution in [2.75, 3.05) is 13.7 Å². The first-order chi connectivity index (χ1) is 5.85. The average molecular weight is 170 g/mol. The molecular weight excluding hydrogens is 152 g/mol. The second-order valence-corrected chi connectivity index (χ2v) is 2.74. The number of terminal acetylenes is 1. The Bertz CT molecular complexity index is 131. The molecule has 0 aromatic carbocycles. The summed E-state index contributed by atoms with van der Waals surface area (Å²) in [5.74, 6) is 7.94. The van der Waals surface area contributed by atoms with Crippen LogP contribution in [0.15, 0.2) is 0 Å². The zero-order valence-corrected chi connectivity index (χ0v) is 7.68. The quantitative estimate of drug-likeness (QED) is 0.255. The fourth-order valence-corrected chi connectivity index (χ4v) is 1.02. The molecule has 0 aliphatic carbocycles. The van der Waals surface area contributed by atoms with Crippen molar-refractivity contribution in [3.05, 3.63) is 0 Å². The van der Waals surface area contributed by atoms with Crippen LogP contribution in [0.5, 0.6) is 0 Å². The highest BCUT2D eigenvalue weighted by Gasteiger charge is 2.04. The lowest BCUT2D eigenvalue weighted by Gasteiger charge is -2.13. The highest BCUT2D eigenvalue weighted by atomic mass is 16.5. The van der Waals surface area contributed by atoms with Gasteiger partial charge in [-0.3, -0.25) is 11.3 Å². The first-order valence-electron chi connectivity index (χ1n) is 4.23. The van der Waals surface area contributed by atoms with E-state index in [4.69, 9.17) is 17.0 Å². The molecule has 1 unspecified atom stereocenters. The van der Waals surface area contributed by atoms with Gasteiger partial charge in [-0.05, 0) is 19.3 Å². The molecule has 70 valence electrons. The lowest BCUT2D eigenvalue weighted by Crippen LogP contribution is -2.35. The smallest absolute Gasteiger partial charge is 0.0477 e. The van der Waals surface area contributed by atoms with E-state index in [9.17, 15) is 0 Å². The number of hydrogen-bond donors (Lipinski definition) is 2. The monoisotopic (exact) mass is 170 g/mol. The van der Waals surface area contributed by atoms with Crippen LogP contribution in [0.2, 0.25) is 0 Å². The molecule has 0 heterocycles. The molecule has 12 heavy (non-hydrogen) atoms. The predicted molar refractivity (Wildman–Crippen MR) is 50.3 cm³/mol. The molecule has 0 spiro atoms. The summed E-state index contributed by atoms with van der Waals surface area (Å²) in [6.07, 6.45) is 8.94. The van der Waals surface area contributed by atoms with Crippen LogP contribution < -0.4 is 11.3 Å². The summed E-state index contributed by atoms with van der Waals surface area (Å²) in [5.41, 5.74) is 2.75. The van der Waals surface area contributed by atoms with Crippen molar-refractivity contribution < 1.29 is 4.74 Å². The van der Waals surface area contributed by atoms with Crippen LogP contribution in [0, 0.1) is 12.3 Å². The third-order valence-corrected chi connectivity index (χ3v) is 1.78. The Balaban J connectivity index is 3.34. The number of hydrazine groups is 1. The van der Waals surface area contributed by atoms with Crippen LogP contribution in [-0.2, 0) is 4.74 Å². The van der Waals surface area contributed by atoms with E-state index in [1.54, 1.807) is 7.11 Å². The highest BCUT2D eigenvalue weighted by molar-refractivity contribution is 4.83. The number of hydrogen-bond acceptors (Lipinski definition) is 3. The summed E-state index contributed by atoms with van der Waals surface area (Å²) in [4.78, 5) is 0. The van der Waals surface area contributed by atoms with E-state index in [1.165, 1.54) is 0 Å². The SMILES string of the molecule is C#CCCCC(CCOC)NN. The summed E-state index contributed by atoms with van der Waals surface area (Å²) in [5, 5.41) is 0. The van der Waals surface area contributed by atoms with Crippen LogP contribution in [0.4, 0.5) is 0 Å². The molecule has 3 heteroatoms. The van der Waals surface area contributed by atoms with Gasteiger partial charge in [-0.1, -0.05) is 0 Å². The predicted octanol–water partition coefficient (Wildman–Crippen LogP) is 0.658. The summed E-state index contributed by atoms with van der Waals surface area (Å²) >= 11 is 0. The molecule has 0 aromatic rings. The van der Waals surface area contributed by atoms with Gasteiger partial charge in [-0.15, -0.1) is 12.3 Å². The maximum absolute atomic E-state index is 5.34. The molecule has 3 N–H and O–H groups in total. The van der Waals surface area contributed by atoms with Crippen LogP contribution >= 0.6 is 0 Å². The van der Waals surface area contributed by atoms with Gasteiger partial charge in [0.2, 0.25) is 0 Å². The minimum absolute atomic E-state index is 0.332. The molecule has 0 saturated carbocycles. The maximum atomic E-state index is 5.34. The van der Waals surface area contributed by atoms with Gasteiger partial charge < -0.3 is 4.74 Å². The van der Waals surface area contributed by atoms with E-state index in [2.05, 4.69) is 11.3 Å². The van der Waals surface area contributed by atoms with Gasteiger partial charge in [-0.2, -0.15) is 0 Å². The molecule has 0 amide bonds. The first-order valence-corrected chi connectivity index (χ1v) is 4.23. The number of unbranched alkanes of at least 4 members (excludes halogenated alkanes) is 1. The Morgan fingerprint density at radius 3 is 2.83 bits per heavy atom. The van der Waals surface area contributed by atoms with E-state index < -0.39 is 0 Å². The topological polar surface area (TPSA) is 47.3 Å². The second kappa shape index (κ2) is 8.54. The lowest BCUT2D eigenvalue weighted by molar-refractivity contribution is 0.180. The zero-order valence-electron chi connectivity index (χ0n) is 7.68. The van der Waals surface area contributed by atoms with E-state index in [0.29, 0.717) is 6.04 Å². The third kappa shape index (κ3) is 6.17. The number of ether oxygens (including phenoxy) is 1. The van der Waals surface area contributed by atoms with E-state index in [-0.39, 0.29) is 0 Å². The highest BCUT2D eigenvalue weighted by Crippen LogP contribution is 2.03. The van der Waals surface area contributed by atoms with Gasteiger partial charge in [0.15, 0.2) is 0 Å². The van der Waals surface area contributed by atoms with Gasteiger partial charge >= 0.3 is 0 Å². The molecule has 0 bridgehead atoms. The van der Waals surface area contributed by atoms with Gasteiger partial charge in [0.1, 0.15) is 0 Å². The van der Waals surface area contributed by atoms with Crippen LogP contribution in [0.3, 0.4) is 0 Å². The molecule has 0 aliphatic rings. The number of nitrogens with two attached hydrogens (primary N) is 1. The molecule has 0 radical (unpaired) electrons. The first kappa shape index (κ1) is 11.4. The van der Waals surface area contributed by atoms with Gasteiger partial charge in [0.25, 0.3) is 0 Å². The van der Waals surface area contributed by atoms with Crippen molar-refractivity contribution in [1.29, 1.82) is 0 Å². The van der Waals surface area contributed by atoms with Crippen molar-refractivity contribution in [2.45, 2.75) is 31.7 Å². The largest absolute Gasteiger partial charge is 0.385 e. The fourth-order valence-electron chi connectivity index (χ4n) is 1.02. The van der Waals surface area contributed by atoms with E-state index in [1.807, 2.05) is 0 Å². The fraction of sp³-hybridized carbons (Fsp3) is 0.778. The van der Waals surface area contributed by atoms with Crippen LogP contribution in [-0.4, -0.2) is 19.8 Å². The molecule has 0 saturated heterocycles. The number of nitrogens with one attached hydrogen (secondary N) is 1. The van der Waals surface area contributed by atoms with Crippen LogP contribution in [0.25, 0.3) is 0 Å². The van der Waals surface area contributed by atoms with E-state index >= 15 is 0 Å². The van der Waals surface area contributed by atoms with Crippen molar-refractivity contribution >= 4 is 0 Å². The molecule has 0 rings (SSSR count). The zero-order chi connectivity index (χ0) is 9.23. The summed E-state index contributed by atoms with van der Waals surface area (Å²) in [6.45, 7) is 0.741. The molecule has 0 aliphatic heterocycles. The average Bonchev–Trinajstić information content (AvgIpc) is 2.11.